The molecule has 0 unspecified atom stereocenters. The third kappa shape index (κ3) is 4.51. The van der Waals surface area contributed by atoms with Crippen LogP contribution in [0.5, 0.6) is 0 Å². The van der Waals surface area contributed by atoms with E-state index in [1.54, 1.807) is 41.1 Å². The minimum absolute atomic E-state index is 0.250. The molecule has 2 aromatic heterocycles. The molecule has 0 spiro atoms. The monoisotopic (exact) mass is 458 g/mol. The van der Waals surface area contributed by atoms with Crippen LogP contribution in [0.3, 0.4) is 0 Å². The van der Waals surface area contributed by atoms with Gasteiger partial charge in [-0.25, -0.2) is 9.67 Å². The van der Waals surface area contributed by atoms with Crippen LogP contribution in [0.25, 0.3) is 11.3 Å². The minimum Gasteiger partial charge on any atom is -0.400 e. The molecule has 4 aromatic rings. The van der Waals surface area contributed by atoms with Crippen molar-refractivity contribution in [3.05, 3.63) is 96.8 Å². The maximum Gasteiger partial charge on any atom is 0.433 e. The summed E-state index contributed by atoms with van der Waals surface area (Å²) in [4.78, 5) is 15.5. The molecule has 2 heterocycles. The lowest BCUT2D eigenvalue weighted by atomic mass is 10.2. The number of benzene rings is 2. The van der Waals surface area contributed by atoms with Gasteiger partial charge in [-0.1, -0.05) is 35.3 Å². The summed E-state index contributed by atoms with van der Waals surface area (Å²) in [7, 11) is 0. The highest BCUT2D eigenvalue weighted by Gasteiger charge is 2.11. The second-order valence-corrected chi connectivity index (χ2v) is 7.70. The summed E-state index contributed by atoms with van der Waals surface area (Å²) in [5.41, 5.74) is 2.37. The highest BCUT2D eigenvalue weighted by atomic mass is 35.5. The van der Waals surface area contributed by atoms with Gasteiger partial charge in [0.25, 0.3) is 0 Å². The number of thiazole rings is 1. The van der Waals surface area contributed by atoms with Crippen molar-refractivity contribution >= 4 is 52.3 Å². The topological polar surface area (TPSA) is 85.9 Å². The number of nitrogens with zero attached hydrogens (tertiary/aromatic N) is 4. The Bertz CT molecular complexity index is 1290. The fourth-order valence-corrected chi connectivity index (χ4v) is 3.67. The molecule has 0 aliphatic rings. The Labute approximate surface area is 184 Å². The fourth-order valence-electron chi connectivity index (χ4n) is 2.56. The standard InChI is InChI=1S/C20H12Cl2N4O3S/c21-14-3-1-13(2-4-14)18-12-30-20(24-16-7-5-15(22)6-8-16)25(18)23-11-17-9-10-19(29-17)26(27)28/h1-12H. The van der Waals surface area contributed by atoms with Crippen molar-refractivity contribution in [2.45, 2.75) is 0 Å². The smallest absolute Gasteiger partial charge is 0.400 e. The molecule has 0 N–H and O–H groups in total. The van der Waals surface area contributed by atoms with Crippen LogP contribution in [0.4, 0.5) is 11.6 Å². The molecular formula is C20H12Cl2N4O3S. The first-order valence-electron chi connectivity index (χ1n) is 8.55. The highest BCUT2D eigenvalue weighted by Crippen LogP contribution is 2.23. The van der Waals surface area contributed by atoms with Gasteiger partial charge in [0, 0.05) is 21.0 Å². The SMILES string of the molecule is O=[N+]([O-])c1ccc(C=Nn2c(-c3ccc(Cl)cc3)csc2=Nc2ccc(Cl)cc2)o1. The van der Waals surface area contributed by atoms with E-state index in [1.807, 2.05) is 17.5 Å². The Kier molecular flexibility index (Phi) is 5.80. The van der Waals surface area contributed by atoms with Crippen molar-refractivity contribution < 1.29 is 9.34 Å². The third-order valence-electron chi connectivity index (χ3n) is 3.97. The fraction of sp³-hybridized carbons (Fsp3) is 0. The number of hydrogen-bond donors (Lipinski definition) is 0. The zero-order valence-corrected chi connectivity index (χ0v) is 17.4. The van der Waals surface area contributed by atoms with Gasteiger partial charge in [0.2, 0.25) is 4.80 Å². The summed E-state index contributed by atoms with van der Waals surface area (Å²) in [5, 5.41) is 18.4. The second-order valence-electron chi connectivity index (χ2n) is 5.99. The zero-order chi connectivity index (χ0) is 21.1. The first kappa shape index (κ1) is 20.1. The van der Waals surface area contributed by atoms with E-state index >= 15 is 0 Å². The Hall–Kier alpha value is -3.20. The summed E-state index contributed by atoms with van der Waals surface area (Å²) in [5.74, 6) is -0.101. The number of rotatable bonds is 5. The molecule has 0 aliphatic heterocycles. The molecule has 30 heavy (non-hydrogen) atoms. The number of halogens is 2. The average molecular weight is 459 g/mol. The van der Waals surface area contributed by atoms with Crippen LogP contribution in [0.2, 0.25) is 10.0 Å². The normalized spacial score (nSPS) is 12.0. The van der Waals surface area contributed by atoms with E-state index in [4.69, 9.17) is 27.6 Å². The molecule has 4 rings (SSSR count). The van der Waals surface area contributed by atoms with Crippen LogP contribution >= 0.6 is 34.5 Å². The van der Waals surface area contributed by atoms with Crippen LogP contribution in [0.15, 0.2) is 80.6 Å². The van der Waals surface area contributed by atoms with Crippen molar-refractivity contribution in [2.24, 2.45) is 10.1 Å². The molecule has 0 bridgehead atoms. The number of nitro groups is 1. The zero-order valence-electron chi connectivity index (χ0n) is 15.1. The molecule has 7 nitrogen and oxygen atoms in total. The minimum atomic E-state index is -0.602. The van der Waals surface area contributed by atoms with Crippen molar-refractivity contribution in [3.8, 4) is 11.3 Å². The van der Waals surface area contributed by atoms with Crippen LogP contribution in [-0.4, -0.2) is 15.8 Å². The molecular weight excluding hydrogens is 447 g/mol. The van der Waals surface area contributed by atoms with Gasteiger partial charge in [-0.05, 0) is 42.5 Å². The molecule has 0 atom stereocenters. The van der Waals surface area contributed by atoms with Crippen molar-refractivity contribution in [3.63, 3.8) is 0 Å². The van der Waals surface area contributed by atoms with E-state index in [0.717, 1.165) is 11.3 Å². The van der Waals surface area contributed by atoms with E-state index in [2.05, 4.69) is 10.1 Å². The third-order valence-corrected chi connectivity index (χ3v) is 5.29. The van der Waals surface area contributed by atoms with Crippen LogP contribution in [0, 0.1) is 10.1 Å². The number of aromatic nitrogens is 1. The van der Waals surface area contributed by atoms with Gasteiger partial charge in [0.15, 0.2) is 5.76 Å². The van der Waals surface area contributed by atoms with Gasteiger partial charge in [0.05, 0.1) is 23.7 Å². The Morgan fingerprint density at radius 3 is 2.30 bits per heavy atom. The molecule has 0 fully saturated rings. The summed E-state index contributed by atoms with van der Waals surface area (Å²) >= 11 is 13.3. The molecule has 150 valence electrons. The number of hydrogen-bond acceptors (Lipinski definition) is 6. The van der Waals surface area contributed by atoms with Gasteiger partial charge in [-0.15, -0.1) is 11.3 Å². The molecule has 0 saturated heterocycles. The predicted molar refractivity (Wildman–Crippen MR) is 118 cm³/mol. The van der Waals surface area contributed by atoms with E-state index in [9.17, 15) is 10.1 Å². The van der Waals surface area contributed by atoms with Gasteiger partial charge >= 0.3 is 5.88 Å². The predicted octanol–water partition coefficient (Wildman–Crippen LogP) is 6.14. The quantitative estimate of drug-likeness (QED) is 0.204. The highest BCUT2D eigenvalue weighted by molar-refractivity contribution is 7.07. The molecule has 0 aliphatic carbocycles. The van der Waals surface area contributed by atoms with Crippen molar-refractivity contribution in [1.29, 1.82) is 0 Å². The van der Waals surface area contributed by atoms with E-state index in [-0.39, 0.29) is 11.6 Å². The van der Waals surface area contributed by atoms with Gasteiger partial charge < -0.3 is 4.42 Å². The maximum absolute atomic E-state index is 10.8. The van der Waals surface area contributed by atoms with Crippen LogP contribution < -0.4 is 4.80 Å². The molecule has 0 amide bonds. The van der Waals surface area contributed by atoms with Gasteiger partial charge in [0.1, 0.15) is 4.92 Å². The Balaban J connectivity index is 1.80. The Morgan fingerprint density at radius 1 is 1.00 bits per heavy atom. The molecule has 0 radical (unpaired) electrons. The molecule has 0 saturated carbocycles. The maximum atomic E-state index is 10.8. The summed E-state index contributed by atoms with van der Waals surface area (Å²) in [6.45, 7) is 0. The van der Waals surface area contributed by atoms with Gasteiger partial charge in [-0.2, -0.15) is 5.10 Å². The van der Waals surface area contributed by atoms with E-state index < -0.39 is 4.92 Å². The summed E-state index contributed by atoms with van der Waals surface area (Å²) in [6.07, 6.45) is 1.40. The average Bonchev–Trinajstić information content (AvgIpc) is 3.36. The van der Waals surface area contributed by atoms with Crippen LogP contribution in [-0.2, 0) is 0 Å². The van der Waals surface area contributed by atoms with Crippen molar-refractivity contribution in [2.75, 3.05) is 0 Å². The lowest BCUT2D eigenvalue weighted by molar-refractivity contribution is -0.402. The summed E-state index contributed by atoms with van der Waals surface area (Å²) in [6, 6.07) is 17.2. The summed E-state index contributed by atoms with van der Waals surface area (Å²) < 4.78 is 6.79. The van der Waals surface area contributed by atoms with Crippen LogP contribution in [0.1, 0.15) is 5.76 Å². The molecule has 2 aromatic carbocycles. The van der Waals surface area contributed by atoms with Crippen molar-refractivity contribution in [1.82, 2.24) is 4.68 Å². The van der Waals surface area contributed by atoms with E-state index in [0.29, 0.717) is 20.5 Å². The van der Waals surface area contributed by atoms with E-state index in [1.165, 1.54) is 29.7 Å². The Morgan fingerprint density at radius 2 is 1.67 bits per heavy atom. The molecule has 10 heteroatoms. The first-order valence-corrected chi connectivity index (χ1v) is 10.2. The first-order chi connectivity index (χ1) is 14.5. The second kappa shape index (κ2) is 8.66. The van der Waals surface area contributed by atoms with Gasteiger partial charge in [-0.3, -0.25) is 10.1 Å². The number of furan rings is 1. The lowest BCUT2D eigenvalue weighted by Crippen LogP contribution is -2.11. The largest absolute Gasteiger partial charge is 0.433 e. The lowest BCUT2D eigenvalue weighted by Gasteiger charge is -2.03.